The van der Waals surface area contributed by atoms with E-state index in [-0.39, 0.29) is 29.5 Å². The quantitative estimate of drug-likeness (QED) is 0.388. The molecular weight excluding hydrogens is 405 g/mol. The van der Waals surface area contributed by atoms with Crippen LogP contribution >= 0.6 is 0 Å². The van der Waals surface area contributed by atoms with Crippen LogP contribution in [0.25, 0.3) is 0 Å². The second-order valence-corrected chi connectivity index (χ2v) is 9.91. The highest BCUT2D eigenvalue weighted by molar-refractivity contribution is 5.30. The van der Waals surface area contributed by atoms with Crippen LogP contribution in [0.1, 0.15) is 63.5 Å². The van der Waals surface area contributed by atoms with Gasteiger partial charge < -0.3 is 0 Å². The average Bonchev–Trinajstić information content (AvgIpc) is 2.81. The molecule has 4 rings (SSSR count). The minimum atomic E-state index is -0.516. The van der Waals surface area contributed by atoms with Crippen molar-refractivity contribution < 1.29 is 13.2 Å². The molecule has 3 aliphatic rings. The van der Waals surface area contributed by atoms with Gasteiger partial charge in [0.05, 0.1) is 0 Å². The molecule has 0 bridgehead atoms. The number of allylic oxidation sites excluding steroid dienone is 8. The first-order valence-electron chi connectivity index (χ1n) is 12.3. The number of hydrogen-bond acceptors (Lipinski definition) is 0. The highest BCUT2D eigenvalue weighted by atomic mass is 19.2. The predicted octanol–water partition coefficient (Wildman–Crippen LogP) is 8.60. The van der Waals surface area contributed by atoms with Crippen molar-refractivity contribution in [1.29, 1.82) is 0 Å². The van der Waals surface area contributed by atoms with E-state index >= 15 is 8.78 Å². The first kappa shape index (κ1) is 23.1. The molecule has 0 radical (unpaired) electrons. The Morgan fingerprint density at radius 1 is 0.844 bits per heavy atom. The Bertz CT molecular complexity index is 936. The first-order chi connectivity index (χ1) is 15.5. The largest absolute Gasteiger partial charge is 0.209 e. The molecule has 3 aliphatic carbocycles. The molecule has 0 N–H and O–H groups in total. The van der Waals surface area contributed by atoms with Gasteiger partial charge >= 0.3 is 0 Å². The van der Waals surface area contributed by atoms with Crippen molar-refractivity contribution in [2.24, 2.45) is 29.6 Å². The average molecular weight is 441 g/mol. The molecule has 1 aromatic carbocycles. The standard InChI is InChI=1S/C29H35F3/c1-3-20-6-14-24(27(30)18-20)15-9-21-7-12-23(13-8-21)26-17-16-25(28(31)29(26)32)22-10-4-19(2)5-11-22/h4,6-8,10,12,14,18-19,22-23,25-26H,3,5,9,11,13,15-17H2,1-2H3. The molecule has 32 heavy (non-hydrogen) atoms. The van der Waals surface area contributed by atoms with Crippen LogP contribution in [0, 0.1) is 35.4 Å². The van der Waals surface area contributed by atoms with Crippen LogP contribution in [0.2, 0.25) is 0 Å². The van der Waals surface area contributed by atoms with Gasteiger partial charge in [0.15, 0.2) is 0 Å². The zero-order valence-electron chi connectivity index (χ0n) is 19.3. The van der Waals surface area contributed by atoms with E-state index in [1.165, 1.54) is 0 Å². The Morgan fingerprint density at radius 2 is 1.59 bits per heavy atom. The normalized spacial score (nSPS) is 30.5. The van der Waals surface area contributed by atoms with Crippen molar-refractivity contribution in [3.63, 3.8) is 0 Å². The van der Waals surface area contributed by atoms with Crippen molar-refractivity contribution in [3.05, 3.63) is 82.8 Å². The van der Waals surface area contributed by atoms with Gasteiger partial charge in [-0.25, -0.2) is 13.2 Å². The van der Waals surface area contributed by atoms with Crippen LogP contribution in [0.5, 0.6) is 0 Å². The fourth-order valence-corrected chi connectivity index (χ4v) is 5.54. The highest BCUT2D eigenvalue weighted by Crippen LogP contribution is 2.46. The van der Waals surface area contributed by atoms with Gasteiger partial charge in [-0.05, 0) is 86.3 Å². The first-order valence-corrected chi connectivity index (χ1v) is 12.3. The molecular formula is C29H35F3. The van der Waals surface area contributed by atoms with E-state index < -0.39 is 11.7 Å². The van der Waals surface area contributed by atoms with Gasteiger partial charge in [-0.3, -0.25) is 0 Å². The molecule has 0 fully saturated rings. The smallest absolute Gasteiger partial charge is 0.135 e. The molecule has 3 heteroatoms. The van der Waals surface area contributed by atoms with Crippen molar-refractivity contribution in [2.75, 3.05) is 0 Å². The molecule has 0 heterocycles. The molecule has 5 atom stereocenters. The third kappa shape index (κ3) is 5.13. The van der Waals surface area contributed by atoms with Gasteiger partial charge in [0.2, 0.25) is 0 Å². The van der Waals surface area contributed by atoms with Gasteiger partial charge in [-0.15, -0.1) is 0 Å². The molecule has 0 nitrogen and oxygen atoms in total. The van der Waals surface area contributed by atoms with Crippen molar-refractivity contribution in [2.45, 2.75) is 65.2 Å². The maximum atomic E-state index is 15.1. The summed E-state index contributed by atoms with van der Waals surface area (Å²) in [5.41, 5.74) is 2.90. The Balaban J connectivity index is 1.35. The Hall–Kier alpha value is -2.03. The fourth-order valence-electron chi connectivity index (χ4n) is 5.54. The lowest BCUT2D eigenvalue weighted by molar-refractivity contribution is 0.217. The summed E-state index contributed by atoms with van der Waals surface area (Å²) in [4.78, 5) is 0. The van der Waals surface area contributed by atoms with Gasteiger partial charge in [0.25, 0.3) is 0 Å². The van der Waals surface area contributed by atoms with Gasteiger partial charge in [0.1, 0.15) is 17.5 Å². The molecule has 1 aromatic rings. The molecule has 0 saturated carbocycles. The summed E-state index contributed by atoms with van der Waals surface area (Å²) >= 11 is 0. The summed E-state index contributed by atoms with van der Waals surface area (Å²) in [6, 6.07) is 5.50. The van der Waals surface area contributed by atoms with E-state index in [0.717, 1.165) is 55.2 Å². The molecule has 172 valence electrons. The zero-order valence-corrected chi connectivity index (χ0v) is 19.3. The van der Waals surface area contributed by atoms with E-state index in [0.29, 0.717) is 18.8 Å². The lowest BCUT2D eigenvalue weighted by atomic mass is 9.71. The second kappa shape index (κ2) is 10.3. The Morgan fingerprint density at radius 3 is 2.19 bits per heavy atom. The van der Waals surface area contributed by atoms with Crippen molar-refractivity contribution in [3.8, 4) is 0 Å². The summed E-state index contributed by atoms with van der Waals surface area (Å²) in [5.74, 6) is -1.11. The third-order valence-electron chi connectivity index (χ3n) is 7.76. The third-order valence-corrected chi connectivity index (χ3v) is 7.76. The maximum absolute atomic E-state index is 15.1. The number of aryl methyl sites for hydroxylation is 2. The van der Waals surface area contributed by atoms with Gasteiger partial charge in [-0.1, -0.05) is 61.9 Å². The van der Waals surface area contributed by atoms with Crippen molar-refractivity contribution >= 4 is 0 Å². The molecule has 0 aromatic heterocycles. The zero-order chi connectivity index (χ0) is 22.7. The highest BCUT2D eigenvalue weighted by Gasteiger charge is 2.38. The van der Waals surface area contributed by atoms with E-state index in [1.54, 1.807) is 6.07 Å². The molecule has 0 aliphatic heterocycles. The lowest BCUT2D eigenvalue weighted by Gasteiger charge is -2.35. The van der Waals surface area contributed by atoms with Crippen LogP contribution in [-0.4, -0.2) is 0 Å². The molecule has 0 spiro atoms. The number of halogens is 3. The van der Waals surface area contributed by atoms with Gasteiger partial charge in [-0.2, -0.15) is 0 Å². The van der Waals surface area contributed by atoms with Crippen LogP contribution in [0.4, 0.5) is 13.2 Å². The summed E-state index contributed by atoms with van der Waals surface area (Å²) in [6.45, 7) is 4.19. The fraction of sp³-hybridized carbons (Fsp3) is 0.517. The summed E-state index contributed by atoms with van der Waals surface area (Å²) in [5, 5.41) is 0. The monoisotopic (exact) mass is 440 g/mol. The number of benzene rings is 1. The number of hydrogen-bond donors (Lipinski definition) is 0. The van der Waals surface area contributed by atoms with Crippen LogP contribution in [0.3, 0.4) is 0 Å². The minimum Gasteiger partial charge on any atom is -0.209 e. The Kier molecular flexibility index (Phi) is 7.43. The molecule has 0 saturated heterocycles. The SMILES string of the molecule is CCc1ccc(CCC2=CCC(C3CCC(C4C=CC(C)CC4)C(F)=C3F)C=C2)c(F)c1. The molecule has 0 amide bonds. The van der Waals surface area contributed by atoms with Crippen LogP contribution in [-0.2, 0) is 12.8 Å². The Labute approximate surface area is 191 Å². The molecule has 5 unspecified atom stereocenters. The van der Waals surface area contributed by atoms with E-state index in [2.05, 4.69) is 25.2 Å². The van der Waals surface area contributed by atoms with E-state index in [9.17, 15) is 4.39 Å². The summed E-state index contributed by atoms with van der Waals surface area (Å²) < 4.78 is 44.3. The maximum Gasteiger partial charge on any atom is 0.135 e. The van der Waals surface area contributed by atoms with Gasteiger partial charge in [0, 0.05) is 11.8 Å². The second-order valence-electron chi connectivity index (χ2n) is 9.91. The number of rotatable bonds is 6. The summed E-state index contributed by atoms with van der Waals surface area (Å²) in [7, 11) is 0. The topological polar surface area (TPSA) is 0 Å². The van der Waals surface area contributed by atoms with Crippen LogP contribution in [0.15, 0.2) is 65.8 Å². The van der Waals surface area contributed by atoms with Crippen molar-refractivity contribution in [1.82, 2.24) is 0 Å². The van der Waals surface area contributed by atoms with Crippen LogP contribution < -0.4 is 0 Å². The van der Waals surface area contributed by atoms with E-state index in [4.69, 9.17) is 0 Å². The lowest BCUT2D eigenvalue weighted by Crippen LogP contribution is -2.27. The predicted molar refractivity (Wildman–Crippen MR) is 126 cm³/mol. The minimum absolute atomic E-state index is 0.00736. The summed E-state index contributed by atoms with van der Waals surface area (Å²) in [6.07, 6.45) is 16.9. The van der Waals surface area contributed by atoms with E-state index in [1.807, 2.05) is 31.2 Å².